The molecule has 0 spiro atoms. The minimum atomic E-state index is 1.16. The van der Waals surface area contributed by atoms with Crippen LogP contribution in [0.25, 0.3) is 12.2 Å². The normalized spacial score (nSPS) is 23.8. The second kappa shape index (κ2) is 8.08. The smallest absolute Gasteiger partial charge is 0.0431 e. The minimum absolute atomic E-state index is 1.16. The van der Waals surface area contributed by atoms with Crippen LogP contribution < -0.4 is 9.80 Å². The van der Waals surface area contributed by atoms with Crippen LogP contribution in [0.2, 0.25) is 0 Å². The molecule has 4 aliphatic heterocycles. The number of anilines is 2. The van der Waals surface area contributed by atoms with Gasteiger partial charge in [-0.1, -0.05) is 23.3 Å². The molecule has 33 heavy (non-hydrogen) atoms. The molecule has 0 N–H and O–H groups in total. The van der Waals surface area contributed by atoms with Crippen LogP contribution in [0.5, 0.6) is 0 Å². The van der Waals surface area contributed by atoms with Gasteiger partial charge >= 0.3 is 0 Å². The van der Waals surface area contributed by atoms with Crippen molar-refractivity contribution in [2.75, 3.05) is 36.0 Å². The lowest BCUT2D eigenvalue weighted by Crippen LogP contribution is -2.34. The van der Waals surface area contributed by atoms with Gasteiger partial charge in [0, 0.05) is 37.6 Å². The van der Waals surface area contributed by atoms with E-state index in [9.17, 15) is 0 Å². The lowest BCUT2D eigenvalue weighted by molar-refractivity contribution is 0.634. The van der Waals surface area contributed by atoms with Gasteiger partial charge in [-0.05, 0) is 128 Å². The number of nitrogens with zero attached hydrogens (tertiary/aromatic N) is 2. The lowest BCUT2D eigenvalue weighted by Gasteiger charge is -2.37. The number of hydrogen-bond donors (Lipinski definition) is 0. The van der Waals surface area contributed by atoms with Crippen LogP contribution in [0.1, 0.15) is 78.3 Å². The van der Waals surface area contributed by atoms with Gasteiger partial charge in [0.2, 0.25) is 0 Å². The summed E-state index contributed by atoms with van der Waals surface area (Å²) in [4.78, 5) is 5.30. The van der Waals surface area contributed by atoms with E-state index in [0.29, 0.717) is 0 Å². The molecule has 0 atom stereocenters. The Bertz CT molecular complexity index is 1010. The molecule has 1 fully saturated rings. The highest BCUT2D eigenvalue weighted by Gasteiger charge is 2.25. The van der Waals surface area contributed by atoms with Crippen molar-refractivity contribution in [1.82, 2.24) is 0 Å². The van der Waals surface area contributed by atoms with E-state index in [1.54, 1.807) is 44.8 Å². The zero-order chi connectivity index (χ0) is 21.8. The second-order valence-electron chi connectivity index (χ2n) is 11.0. The maximum absolute atomic E-state index is 2.65. The molecular formula is C31H36N2. The monoisotopic (exact) mass is 436 g/mol. The van der Waals surface area contributed by atoms with Gasteiger partial charge in [0.25, 0.3) is 0 Å². The molecule has 0 radical (unpaired) electrons. The third kappa shape index (κ3) is 3.63. The van der Waals surface area contributed by atoms with Crippen LogP contribution >= 0.6 is 0 Å². The molecule has 2 aromatic rings. The Morgan fingerprint density at radius 1 is 0.485 bits per heavy atom. The van der Waals surface area contributed by atoms with Gasteiger partial charge in [-0.3, -0.25) is 0 Å². The Kier molecular flexibility index (Phi) is 4.88. The van der Waals surface area contributed by atoms with Crippen LogP contribution in [-0.4, -0.2) is 26.2 Å². The Balaban J connectivity index is 1.15. The largest absolute Gasteiger partial charge is 0.371 e. The fourth-order valence-electron chi connectivity index (χ4n) is 7.33. The molecule has 2 nitrogen and oxygen atoms in total. The van der Waals surface area contributed by atoms with Crippen LogP contribution in [-0.2, 0) is 25.7 Å². The number of hydrogen-bond acceptors (Lipinski definition) is 2. The highest BCUT2D eigenvalue weighted by molar-refractivity contribution is 5.71. The molecule has 0 saturated heterocycles. The molecular weight excluding hydrogens is 400 g/mol. The van der Waals surface area contributed by atoms with Crippen molar-refractivity contribution in [3.05, 3.63) is 68.8 Å². The van der Waals surface area contributed by atoms with Gasteiger partial charge in [0.1, 0.15) is 0 Å². The molecule has 0 amide bonds. The summed E-state index contributed by atoms with van der Waals surface area (Å²) >= 11 is 0. The van der Waals surface area contributed by atoms with Gasteiger partial charge in [-0.15, -0.1) is 0 Å². The van der Waals surface area contributed by atoms with E-state index in [-0.39, 0.29) is 0 Å². The third-order valence-electron chi connectivity index (χ3n) is 8.67. The SMILES string of the molecule is C(=C1CCC(=Cc2cc3c4c(c2)CCCN4CCC3)C1)c1cc2c3c(c1)CCCN3CCC2. The molecule has 1 aliphatic carbocycles. The van der Waals surface area contributed by atoms with E-state index in [0.717, 1.165) is 6.42 Å². The summed E-state index contributed by atoms with van der Waals surface area (Å²) in [6.07, 6.45) is 19.0. The topological polar surface area (TPSA) is 6.48 Å². The highest BCUT2D eigenvalue weighted by Crippen LogP contribution is 2.40. The van der Waals surface area contributed by atoms with Gasteiger partial charge in [0.05, 0.1) is 0 Å². The first-order valence-corrected chi connectivity index (χ1v) is 13.5. The molecule has 0 bridgehead atoms. The molecule has 170 valence electrons. The first-order chi connectivity index (χ1) is 16.3. The molecule has 0 unspecified atom stereocenters. The third-order valence-corrected chi connectivity index (χ3v) is 8.67. The predicted molar refractivity (Wildman–Crippen MR) is 140 cm³/mol. The van der Waals surface area contributed by atoms with E-state index in [4.69, 9.17) is 0 Å². The quantitative estimate of drug-likeness (QED) is 0.515. The number of rotatable bonds is 2. The summed E-state index contributed by atoms with van der Waals surface area (Å²) in [6.45, 7) is 5.04. The van der Waals surface area contributed by atoms with E-state index < -0.39 is 0 Å². The zero-order valence-corrected chi connectivity index (χ0v) is 20.0. The number of allylic oxidation sites excluding steroid dienone is 2. The molecule has 5 aliphatic rings. The van der Waals surface area contributed by atoms with Crippen LogP contribution in [0.3, 0.4) is 0 Å². The Hall–Kier alpha value is -2.48. The summed E-state index contributed by atoms with van der Waals surface area (Å²) in [5.41, 5.74) is 15.8. The molecule has 2 aromatic carbocycles. The van der Waals surface area contributed by atoms with Crippen molar-refractivity contribution in [3.63, 3.8) is 0 Å². The maximum atomic E-state index is 2.65. The van der Waals surface area contributed by atoms with Crippen molar-refractivity contribution in [1.29, 1.82) is 0 Å². The molecule has 1 saturated carbocycles. The van der Waals surface area contributed by atoms with Gasteiger partial charge in [-0.2, -0.15) is 0 Å². The maximum Gasteiger partial charge on any atom is 0.0431 e. The number of benzene rings is 2. The summed E-state index contributed by atoms with van der Waals surface area (Å²) < 4.78 is 0. The molecule has 2 heteroatoms. The van der Waals surface area contributed by atoms with E-state index in [2.05, 4.69) is 46.2 Å². The van der Waals surface area contributed by atoms with E-state index in [1.807, 2.05) is 0 Å². The first-order valence-electron chi connectivity index (χ1n) is 13.5. The van der Waals surface area contributed by atoms with Gasteiger partial charge in [0.15, 0.2) is 0 Å². The van der Waals surface area contributed by atoms with Crippen molar-refractivity contribution in [3.8, 4) is 0 Å². The predicted octanol–water partition coefficient (Wildman–Crippen LogP) is 6.74. The van der Waals surface area contributed by atoms with Crippen LogP contribution in [0.4, 0.5) is 11.4 Å². The van der Waals surface area contributed by atoms with E-state index >= 15 is 0 Å². The first kappa shape index (κ1) is 19.9. The van der Waals surface area contributed by atoms with Gasteiger partial charge < -0.3 is 9.80 Å². The standard InChI is InChI=1S/C31H36N2/c1-5-26-18-24(19-27-6-2-12-32(11-1)30(26)27)16-22-9-10-23(15-22)17-25-20-28-7-3-13-33-14-4-8-29(21-25)31(28)33/h16-21H,1-15H2. The van der Waals surface area contributed by atoms with Crippen molar-refractivity contribution in [2.45, 2.75) is 70.6 Å². The van der Waals surface area contributed by atoms with Crippen LogP contribution in [0.15, 0.2) is 35.4 Å². The summed E-state index contributed by atoms with van der Waals surface area (Å²) in [5, 5.41) is 0. The average Bonchev–Trinajstić information content (AvgIpc) is 3.26. The Labute approximate surface area is 199 Å². The summed E-state index contributed by atoms with van der Waals surface area (Å²) in [5.74, 6) is 0. The van der Waals surface area contributed by atoms with Crippen molar-refractivity contribution < 1.29 is 0 Å². The van der Waals surface area contributed by atoms with Crippen LogP contribution in [0, 0.1) is 0 Å². The molecule has 0 aromatic heterocycles. The Morgan fingerprint density at radius 3 is 1.21 bits per heavy atom. The van der Waals surface area contributed by atoms with Crippen molar-refractivity contribution >= 4 is 23.5 Å². The fraction of sp³-hybridized carbons (Fsp3) is 0.484. The zero-order valence-electron chi connectivity index (χ0n) is 20.0. The fourth-order valence-corrected chi connectivity index (χ4v) is 7.33. The van der Waals surface area contributed by atoms with Crippen molar-refractivity contribution in [2.24, 2.45) is 0 Å². The van der Waals surface area contributed by atoms with E-state index in [1.165, 1.54) is 102 Å². The second-order valence-corrected chi connectivity index (χ2v) is 11.0. The summed E-state index contributed by atoms with van der Waals surface area (Å²) in [7, 11) is 0. The lowest BCUT2D eigenvalue weighted by atomic mass is 9.89. The average molecular weight is 437 g/mol. The minimum Gasteiger partial charge on any atom is -0.371 e. The molecule has 7 rings (SSSR count). The van der Waals surface area contributed by atoms with Gasteiger partial charge in [-0.25, -0.2) is 0 Å². The molecule has 4 heterocycles. The number of aryl methyl sites for hydroxylation is 4. The Morgan fingerprint density at radius 2 is 0.848 bits per heavy atom. The summed E-state index contributed by atoms with van der Waals surface area (Å²) in [6, 6.07) is 10.0. The highest BCUT2D eigenvalue weighted by atomic mass is 15.1.